The van der Waals surface area contributed by atoms with Gasteiger partial charge in [0.2, 0.25) is 5.75 Å². The standard InChI is InChI=1S/C15H21NO4S/c1-9-7-16(8-10(2)20-9)15(21)11-5-12(18-3)14(17)13(6-11)19-4/h5-6,9-10,17H,7-8H2,1-4H3/t9-,10-/m1/s1. The van der Waals surface area contributed by atoms with E-state index in [2.05, 4.69) is 4.90 Å². The smallest absolute Gasteiger partial charge is 0.200 e. The van der Waals surface area contributed by atoms with E-state index in [4.69, 9.17) is 26.4 Å². The highest BCUT2D eigenvalue weighted by molar-refractivity contribution is 7.80. The van der Waals surface area contributed by atoms with Gasteiger partial charge in [0, 0.05) is 18.7 Å². The van der Waals surface area contributed by atoms with Crippen molar-refractivity contribution in [1.82, 2.24) is 4.90 Å². The third-order valence-corrected chi connectivity index (χ3v) is 3.93. The van der Waals surface area contributed by atoms with Crippen molar-refractivity contribution in [2.75, 3.05) is 27.3 Å². The Balaban J connectivity index is 2.30. The molecule has 1 fully saturated rings. The van der Waals surface area contributed by atoms with Crippen LogP contribution >= 0.6 is 12.2 Å². The molecule has 1 aromatic carbocycles. The third-order valence-electron chi connectivity index (χ3n) is 3.43. The van der Waals surface area contributed by atoms with Gasteiger partial charge >= 0.3 is 0 Å². The molecule has 2 atom stereocenters. The molecule has 0 aromatic heterocycles. The molecule has 1 aliphatic rings. The average molecular weight is 311 g/mol. The molecule has 0 spiro atoms. The fraction of sp³-hybridized carbons (Fsp3) is 0.533. The molecule has 1 aromatic rings. The normalized spacial score (nSPS) is 22.0. The lowest BCUT2D eigenvalue weighted by Crippen LogP contribution is -2.47. The number of nitrogens with zero attached hydrogens (tertiary/aromatic N) is 1. The molecule has 0 amide bonds. The van der Waals surface area contributed by atoms with Gasteiger partial charge in [-0.15, -0.1) is 0 Å². The van der Waals surface area contributed by atoms with Crippen molar-refractivity contribution >= 4 is 17.2 Å². The maximum Gasteiger partial charge on any atom is 0.200 e. The summed E-state index contributed by atoms with van der Waals surface area (Å²) in [7, 11) is 3.00. The first kappa shape index (κ1) is 15.9. The second kappa shape index (κ2) is 6.49. The van der Waals surface area contributed by atoms with Gasteiger partial charge in [0.25, 0.3) is 0 Å². The van der Waals surface area contributed by atoms with Gasteiger partial charge in [-0.05, 0) is 26.0 Å². The number of hydrogen-bond acceptors (Lipinski definition) is 5. The second-order valence-corrected chi connectivity index (χ2v) is 5.58. The number of thiocarbonyl (C=S) groups is 1. The number of hydrogen-bond donors (Lipinski definition) is 1. The fourth-order valence-electron chi connectivity index (χ4n) is 2.54. The van der Waals surface area contributed by atoms with E-state index in [0.717, 1.165) is 18.7 Å². The fourth-order valence-corrected chi connectivity index (χ4v) is 2.81. The summed E-state index contributed by atoms with van der Waals surface area (Å²) in [5.74, 6) is 0.678. The SMILES string of the molecule is COc1cc(C(=S)N2C[C@@H](C)O[C@H](C)C2)cc(OC)c1O. The molecule has 0 bridgehead atoms. The minimum atomic E-state index is -0.0183. The molecule has 6 heteroatoms. The second-order valence-electron chi connectivity index (χ2n) is 5.20. The van der Waals surface area contributed by atoms with E-state index in [0.29, 0.717) is 16.5 Å². The highest BCUT2D eigenvalue weighted by atomic mass is 32.1. The molecule has 0 unspecified atom stereocenters. The number of aromatic hydroxyl groups is 1. The third kappa shape index (κ3) is 3.39. The summed E-state index contributed by atoms with van der Waals surface area (Å²) < 4.78 is 16.1. The largest absolute Gasteiger partial charge is 0.502 e. The number of benzene rings is 1. The Bertz CT molecular complexity index is 499. The van der Waals surface area contributed by atoms with Crippen LogP contribution in [0.3, 0.4) is 0 Å². The quantitative estimate of drug-likeness (QED) is 0.864. The van der Waals surface area contributed by atoms with Crippen molar-refractivity contribution in [3.8, 4) is 17.2 Å². The van der Waals surface area contributed by atoms with Crippen LogP contribution in [0.4, 0.5) is 0 Å². The van der Waals surface area contributed by atoms with Crippen LogP contribution in [0.2, 0.25) is 0 Å². The highest BCUT2D eigenvalue weighted by Crippen LogP contribution is 2.37. The molecule has 1 N–H and O–H groups in total. The number of morpholine rings is 1. The Morgan fingerprint density at radius 1 is 1.19 bits per heavy atom. The molecule has 116 valence electrons. The van der Waals surface area contributed by atoms with Crippen LogP contribution in [0.5, 0.6) is 17.2 Å². The number of phenols is 1. The van der Waals surface area contributed by atoms with E-state index < -0.39 is 0 Å². The minimum absolute atomic E-state index is 0.0183. The zero-order valence-electron chi connectivity index (χ0n) is 12.8. The van der Waals surface area contributed by atoms with Crippen molar-refractivity contribution in [3.05, 3.63) is 17.7 Å². The molecular weight excluding hydrogens is 290 g/mol. The van der Waals surface area contributed by atoms with Crippen molar-refractivity contribution < 1.29 is 19.3 Å². The van der Waals surface area contributed by atoms with Gasteiger partial charge in [0.1, 0.15) is 4.99 Å². The predicted molar refractivity (Wildman–Crippen MR) is 84.5 cm³/mol. The summed E-state index contributed by atoms with van der Waals surface area (Å²) in [5.41, 5.74) is 0.790. The van der Waals surface area contributed by atoms with Crippen molar-refractivity contribution in [2.24, 2.45) is 0 Å². The van der Waals surface area contributed by atoms with Crippen LogP contribution in [0.15, 0.2) is 12.1 Å². The lowest BCUT2D eigenvalue weighted by atomic mass is 10.1. The Hall–Kier alpha value is -1.53. The van der Waals surface area contributed by atoms with Crippen molar-refractivity contribution in [1.29, 1.82) is 0 Å². The van der Waals surface area contributed by atoms with Gasteiger partial charge in [-0.2, -0.15) is 0 Å². The van der Waals surface area contributed by atoms with E-state index in [9.17, 15) is 5.11 Å². The Labute approximate surface area is 130 Å². The Kier molecular flexibility index (Phi) is 4.90. The number of phenolic OH excluding ortho intramolecular Hbond substituents is 1. The number of ether oxygens (including phenoxy) is 3. The van der Waals surface area contributed by atoms with E-state index >= 15 is 0 Å². The zero-order valence-corrected chi connectivity index (χ0v) is 13.6. The summed E-state index contributed by atoms with van der Waals surface area (Å²) in [6.45, 7) is 5.55. The van der Waals surface area contributed by atoms with Crippen LogP contribution < -0.4 is 9.47 Å². The van der Waals surface area contributed by atoms with Crippen LogP contribution in [0, 0.1) is 0 Å². The zero-order chi connectivity index (χ0) is 15.6. The van der Waals surface area contributed by atoms with Gasteiger partial charge in [0.15, 0.2) is 11.5 Å². The number of methoxy groups -OCH3 is 2. The molecule has 21 heavy (non-hydrogen) atoms. The van der Waals surface area contributed by atoms with Crippen molar-refractivity contribution in [3.63, 3.8) is 0 Å². The molecule has 0 radical (unpaired) electrons. The summed E-state index contributed by atoms with van der Waals surface area (Å²) in [5, 5.41) is 9.96. The lowest BCUT2D eigenvalue weighted by molar-refractivity contribution is -0.0472. The lowest BCUT2D eigenvalue weighted by Gasteiger charge is -2.37. The molecule has 2 rings (SSSR count). The summed E-state index contributed by atoms with van der Waals surface area (Å²) in [4.78, 5) is 2.81. The first-order chi connectivity index (χ1) is 9.96. The first-order valence-electron chi connectivity index (χ1n) is 6.86. The van der Waals surface area contributed by atoms with Crippen LogP contribution in [-0.4, -0.2) is 54.5 Å². The Morgan fingerprint density at radius 3 is 2.10 bits per heavy atom. The highest BCUT2D eigenvalue weighted by Gasteiger charge is 2.25. The maximum absolute atomic E-state index is 9.96. The monoisotopic (exact) mass is 311 g/mol. The van der Waals surface area contributed by atoms with Gasteiger partial charge in [-0.1, -0.05) is 12.2 Å². The van der Waals surface area contributed by atoms with Crippen molar-refractivity contribution in [2.45, 2.75) is 26.1 Å². The molecular formula is C15H21NO4S. The van der Waals surface area contributed by atoms with Gasteiger partial charge in [-0.25, -0.2) is 0 Å². The molecule has 1 saturated heterocycles. The van der Waals surface area contributed by atoms with E-state index in [1.54, 1.807) is 12.1 Å². The van der Waals surface area contributed by atoms with E-state index in [-0.39, 0.29) is 18.0 Å². The first-order valence-corrected chi connectivity index (χ1v) is 7.26. The van der Waals surface area contributed by atoms with E-state index in [1.807, 2.05) is 13.8 Å². The van der Waals surface area contributed by atoms with Crippen LogP contribution in [-0.2, 0) is 4.74 Å². The molecule has 1 heterocycles. The maximum atomic E-state index is 9.96. The molecule has 5 nitrogen and oxygen atoms in total. The van der Waals surface area contributed by atoms with Gasteiger partial charge in [-0.3, -0.25) is 0 Å². The summed E-state index contributed by atoms with van der Waals surface area (Å²) >= 11 is 5.58. The average Bonchev–Trinajstić information content (AvgIpc) is 2.45. The molecule has 0 saturated carbocycles. The van der Waals surface area contributed by atoms with Gasteiger partial charge in [0.05, 0.1) is 26.4 Å². The summed E-state index contributed by atoms with van der Waals surface area (Å²) in [6.07, 6.45) is 0.264. The summed E-state index contributed by atoms with van der Waals surface area (Å²) in [6, 6.07) is 3.45. The topological polar surface area (TPSA) is 51.2 Å². The Morgan fingerprint density at radius 2 is 1.67 bits per heavy atom. The van der Waals surface area contributed by atoms with E-state index in [1.165, 1.54) is 14.2 Å². The number of rotatable bonds is 3. The minimum Gasteiger partial charge on any atom is -0.502 e. The van der Waals surface area contributed by atoms with Crippen LogP contribution in [0.25, 0.3) is 0 Å². The molecule has 0 aliphatic carbocycles. The van der Waals surface area contributed by atoms with Gasteiger partial charge < -0.3 is 24.2 Å². The molecule has 1 aliphatic heterocycles. The van der Waals surface area contributed by atoms with Crippen LogP contribution in [0.1, 0.15) is 19.4 Å². The predicted octanol–water partition coefficient (Wildman–Crippen LogP) is 2.19.